The van der Waals surface area contributed by atoms with Gasteiger partial charge in [0.15, 0.2) is 0 Å². The number of nitrogens with one attached hydrogen (secondary N) is 1. The molecule has 1 aromatic heterocycles. The number of pyridine rings is 1. The van der Waals surface area contributed by atoms with Gasteiger partial charge in [0.25, 0.3) is 5.91 Å². The Balaban J connectivity index is 2.25. The maximum Gasteiger partial charge on any atom is 0.267 e. The van der Waals surface area contributed by atoms with Crippen LogP contribution in [0.3, 0.4) is 0 Å². The first kappa shape index (κ1) is 13.8. The Hall–Kier alpha value is -1.62. The first-order valence-electron chi connectivity index (χ1n) is 6.92. The van der Waals surface area contributed by atoms with Gasteiger partial charge in [-0.05, 0) is 25.0 Å². The summed E-state index contributed by atoms with van der Waals surface area (Å²) in [6, 6.07) is 6.35. The molecule has 0 saturated carbocycles. The molecule has 0 radical (unpaired) electrons. The Bertz CT molecular complexity index is 449. The standard InChI is InChI=1S/C14H22N4O/c1-3-10-9-18(11(4-2)8-16-10)13-7-5-6-12(17-13)14(15)19/h5-7,10-11,16H,3-4,8-9H2,1-2H3,(H2,15,19). The van der Waals surface area contributed by atoms with Crippen molar-refractivity contribution in [2.45, 2.75) is 38.8 Å². The zero-order valence-corrected chi connectivity index (χ0v) is 11.6. The van der Waals surface area contributed by atoms with Crippen LogP contribution in [0.15, 0.2) is 18.2 Å². The largest absolute Gasteiger partial charge is 0.364 e. The van der Waals surface area contributed by atoms with Crippen molar-refractivity contribution in [2.24, 2.45) is 5.73 Å². The highest BCUT2D eigenvalue weighted by Gasteiger charge is 2.27. The topological polar surface area (TPSA) is 71.2 Å². The smallest absolute Gasteiger partial charge is 0.267 e. The van der Waals surface area contributed by atoms with Gasteiger partial charge in [-0.3, -0.25) is 4.79 Å². The van der Waals surface area contributed by atoms with E-state index in [0.717, 1.165) is 31.7 Å². The SMILES string of the molecule is CCC1CN(c2cccc(C(N)=O)n2)C(CC)CN1. The maximum absolute atomic E-state index is 11.2. The Morgan fingerprint density at radius 2 is 2.26 bits per heavy atom. The summed E-state index contributed by atoms with van der Waals surface area (Å²) in [5, 5.41) is 3.55. The lowest BCUT2D eigenvalue weighted by molar-refractivity contribution is 0.0995. The van der Waals surface area contributed by atoms with E-state index in [1.165, 1.54) is 0 Å². The molecule has 1 amide bonds. The number of anilines is 1. The molecule has 104 valence electrons. The van der Waals surface area contributed by atoms with E-state index in [9.17, 15) is 4.79 Å². The van der Waals surface area contributed by atoms with Gasteiger partial charge in [-0.2, -0.15) is 0 Å². The van der Waals surface area contributed by atoms with Crippen LogP contribution in [0.25, 0.3) is 0 Å². The van der Waals surface area contributed by atoms with Gasteiger partial charge in [-0.25, -0.2) is 4.98 Å². The summed E-state index contributed by atoms with van der Waals surface area (Å²) in [6.45, 7) is 6.22. The fourth-order valence-electron chi connectivity index (χ4n) is 2.50. The monoisotopic (exact) mass is 262 g/mol. The van der Waals surface area contributed by atoms with E-state index in [4.69, 9.17) is 5.73 Å². The second kappa shape index (κ2) is 6.02. The van der Waals surface area contributed by atoms with Gasteiger partial charge >= 0.3 is 0 Å². The molecule has 2 atom stereocenters. The Morgan fingerprint density at radius 1 is 1.47 bits per heavy atom. The van der Waals surface area contributed by atoms with E-state index in [-0.39, 0.29) is 0 Å². The number of nitrogens with two attached hydrogens (primary N) is 1. The van der Waals surface area contributed by atoms with Gasteiger partial charge in [0.2, 0.25) is 0 Å². The minimum absolute atomic E-state index is 0.332. The Morgan fingerprint density at radius 3 is 2.89 bits per heavy atom. The molecule has 3 N–H and O–H groups in total. The van der Waals surface area contributed by atoms with Crippen LogP contribution in [0.1, 0.15) is 37.2 Å². The molecule has 2 heterocycles. The van der Waals surface area contributed by atoms with E-state index < -0.39 is 5.91 Å². The fourth-order valence-corrected chi connectivity index (χ4v) is 2.50. The number of hydrogen-bond donors (Lipinski definition) is 2. The van der Waals surface area contributed by atoms with Crippen LogP contribution in [0.5, 0.6) is 0 Å². The number of piperazine rings is 1. The van der Waals surface area contributed by atoms with E-state index in [1.54, 1.807) is 6.07 Å². The van der Waals surface area contributed by atoms with Gasteiger partial charge in [0, 0.05) is 25.2 Å². The number of amides is 1. The van der Waals surface area contributed by atoms with Crippen molar-refractivity contribution in [3.05, 3.63) is 23.9 Å². The third kappa shape index (κ3) is 3.04. The van der Waals surface area contributed by atoms with Crippen molar-refractivity contribution in [3.63, 3.8) is 0 Å². The quantitative estimate of drug-likeness (QED) is 0.854. The van der Waals surface area contributed by atoms with Gasteiger partial charge in [0.05, 0.1) is 0 Å². The van der Waals surface area contributed by atoms with Crippen molar-refractivity contribution < 1.29 is 4.79 Å². The molecule has 19 heavy (non-hydrogen) atoms. The molecule has 0 bridgehead atoms. The van der Waals surface area contributed by atoms with Crippen molar-refractivity contribution in [1.29, 1.82) is 0 Å². The third-order valence-electron chi connectivity index (χ3n) is 3.75. The van der Waals surface area contributed by atoms with Crippen LogP contribution in [0, 0.1) is 0 Å². The second-order valence-corrected chi connectivity index (χ2v) is 4.97. The minimum Gasteiger partial charge on any atom is -0.364 e. The number of carbonyl (C=O) groups is 1. The summed E-state index contributed by atoms with van der Waals surface area (Å²) in [4.78, 5) is 17.9. The van der Waals surface area contributed by atoms with Crippen LogP contribution in [0.4, 0.5) is 5.82 Å². The molecular formula is C14H22N4O. The molecule has 2 rings (SSSR count). The fraction of sp³-hybridized carbons (Fsp3) is 0.571. The Labute approximate surface area is 114 Å². The highest BCUT2D eigenvalue weighted by molar-refractivity contribution is 5.91. The number of aromatic nitrogens is 1. The van der Waals surface area contributed by atoms with E-state index in [2.05, 4.69) is 29.0 Å². The number of rotatable bonds is 4. The zero-order chi connectivity index (χ0) is 13.8. The van der Waals surface area contributed by atoms with E-state index in [1.807, 2.05) is 12.1 Å². The molecule has 5 heteroatoms. The van der Waals surface area contributed by atoms with Gasteiger partial charge < -0.3 is 16.0 Å². The average Bonchev–Trinajstić information content (AvgIpc) is 2.46. The first-order valence-corrected chi connectivity index (χ1v) is 6.92. The van der Waals surface area contributed by atoms with Crippen LogP contribution in [0.2, 0.25) is 0 Å². The van der Waals surface area contributed by atoms with Crippen molar-refractivity contribution in [2.75, 3.05) is 18.0 Å². The Kier molecular flexibility index (Phi) is 4.37. The summed E-state index contributed by atoms with van der Waals surface area (Å²) in [5.74, 6) is 0.375. The molecule has 1 saturated heterocycles. The molecular weight excluding hydrogens is 240 g/mol. The minimum atomic E-state index is -0.475. The molecule has 0 aromatic carbocycles. The molecule has 1 aliphatic heterocycles. The molecule has 5 nitrogen and oxygen atoms in total. The molecule has 1 fully saturated rings. The van der Waals surface area contributed by atoms with Crippen LogP contribution >= 0.6 is 0 Å². The van der Waals surface area contributed by atoms with Crippen molar-refractivity contribution in [1.82, 2.24) is 10.3 Å². The normalized spacial score (nSPS) is 23.4. The predicted molar refractivity (Wildman–Crippen MR) is 76.3 cm³/mol. The lowest BCUT2D eigenvalue weighted by atomic mass is 10.1. The van der Waals surface area contributed by atoms with Gasteiger partial charge in [0.1, 0.15) is 11.5 Å². The van der Waals surface area contributed by atoms with Crippen LogP contribution < -0.4 is 16.0 Å². The summed E-state index contributed by atoms with van der Waals surface area (Å²) < 4.78 is 0. The van der Waals surface area contributed by atoms with Gasteiger partial charge in [-0.15, -0.1) is 0 Å². The molecule has 0 spiro atoms. The molecule has 2 unspecified atom stereocenters. The van der Waals surface area contributed by atoms with Crippen LogP contribution in [-0.4, -0.2) is 36.1 Å². The van der Waals surface area contributed by atoms with Crippen LogP contribution in [-0.2, 0) is 0 Å². The van der Waals surface area contributed by atoms with Gasteiger partial charge in [-0.1, -0.05) is 19.9 Å². The summed E-state index contributed by atoms with van der Waals surface area (Å²) in [5.41, 5.74) is 5.63. The predicted octanol–water partition coefficient (Wildman–Crippen LogP) is 1.15. The number of carbonyl (C=O) groups excluding carboxylic acids is 1. The van der Waals surface area contributed by atoms with E-state index >= 15 is 0 Å². The lowest BCUT2D eigenvalue weighted by Gasteiger charge is -2.40. The number of nitrogens with zero attached hydrogens (tertiary/aromatic N) is 2. The molecule has 1 aliphatic rings. The second-order valence-electron chi connectivity index (χ2n) is 4.97. The number of primary amides is 1. The zero-order valence-electron chi connectivity index (χ0n) is 11.6. The molecule has 0 aliphatic carbocycles. The highest BCUT2D eigenvalue weighted by atomic mass is 16.1. The summed E-state index contributed by atoms with van der Waals surface area (Å²) in [7, 11) is 0. The summed E-state index contributed by atoms with van der Waals surface area (Å²) in [6.07, 6.45) is 2.13. The third-order valence-corrected chi connectivity index (χ3v) is 3.75. The first-order chi connectivity index (χ1) is 9.15. The number of hydrogen-bond acceptors (Lipinski definition) is 4. The van der Waals surface area contributed by atoms with Crippen molar-refractivity contribution in [3.8, 4) is 0 Å². The maximum atomic E-state index is 11.2. The average molecular weight is 262 g/mol. The summed E-state index contributed by atoms with van der Waals surface area (Å²) >= 11 is 0. The highest BCUT2D eigenvalue weighted by Crippen LogP contribution is 2.20. The lowest BCUT2D eigenvalue weighted by Crippen LogP contribution is -2.56. The van der Waals surface area contributed by atoms with Crippen molar-refractivity contribution >= 4 is 11.7 Å². The molecule has 1 aromatic rings. The van der Waals surface area contributed by atoms with E-state index in [0.29, 0.717) is 17.8 Å².